The Bertz CT molecular complexity index is 226. The maximum absolute atomic E-state index is 11.7. The third kappa shape index (κ3) is 4.94. The zero-order valence-corrected chi connectivity index (χ0v) is 10.7. The molecule has 1 saturated carbocycles. The highest BCUT2D eigenvalue weighted by Gasteiger charge is 2.25. The molecule has 1 aliphatic rings. The van der Waals surface area contributed by atoms with E-state index in [0.29, 0.717) is 24.9 Å². The predicted octanol–water partition coefficient (Wildman–Crippen LogP) is 0.570. The number of carbonyl (C=O) groups excluding carboxylic acids is 1. The zero-order valence-electron chi connectivity index (χ0n) is 10.7. The van der Waals surface area contributed by atoms with Crippen LogP contribution in [0.3, 0.4) is 0 Å². The van der Waals surface area contributed by atoms with Crippen LogP contribution in [0.1, 0.15) is 33.1 Å². The summed E-state index contributed by atoms with van der Waals surface area (Å²) in [5.74, 6) is 0.749. The number of likely N-dealkylation sites (N-methyl/N-ethyl adjacent to an activating group) is 1. The van der Waals surface area contributed by atoms with E-state index in [1.165, 1.54) is 0 Å². The number of hydrogen-bond donors (Lipinski definition) is 2. The van der Waals surface area contributed by atoms with Crippen molar-refractivity contribution >= 4 is 5.91 Å². The minimum atomic E-state index is 0.147. The van der Waals surface area contributed by atoms with Crippen molar-refractivity contribution < 1.29 is 4.79 Å². The van der Waals surface area contributed by atoms with Crippen LogP contribution in [-0.4, -0.2) is 43.0 Å². The molecule has 1 aliphatic carbocycles. The van der Waals surface area contributed by atoms with Gasteiger partial charge >= 0.3 is 0 Å². The van der Waals surface area contributed by atoms with Crippen molar-refractivity contribution in [3.63, 3.8) is 0 Å². The van der Waals surface area contributed by atoms with Gasteiger partial charge in [0.2, 0.25) is 5.91 Å². The normalized spacial score (nSPS) is 17.9. The Labute approximate surface area is 98.6 Å². The minimum Gasteiger partial charge on any atom is -0.353 e. The van der Waals surface area contributed by atoms with Gasteiger partial charge in [0, 0.05) is 31.6 Å². The Balaban J connectivity index is 2.30. The molecule has 0 radical (unpaired) electrons. The average molecular weight is 227 g/mol. The molecular weight excluding hydrogens is 202 g/mol. The van der Waals surface area contributed by atoms with Gasteiger partial charge < -0.3 is 16.0 Å². The molecule has 0 heterocycles. The Kier molecular flexibility index (Phi) is 5.22. The first-order valence-corrected chi connectivity index (χ1v) is 6.22. The zero-order chi connectivity index (χ0) is 12.1. The lowest BCUT2D eigenvalue weighted by Crippen LogP contribution is -2.43. The van der Waals surface area contributed by atoms with E-state index < -0.39 is 0 Å². The fourth-order valence-electron chi connectivity index (χ4n) is 1.87. The van der Waals surface area contributed by atoms with Crippen molar-refractivity contribution in [1.82, 2.24) is 10.2 Å². The minimum absolute atomic E-state index is 0.147. The summed E-state index contributed by atoms with van der Waals surface area (Å²) in [4.78, 5) is 13.9. The molecule has 0 bridgehead atoms. The molecule has 0 aromatic rings. The van der Waals surface area contributed by atoms with Gasteiger partial charge in [-0.3, -0.25) is 4.79 Å². The van der Waals surface area contributed by atoms with Crippen molar-refractivity contribution in [3.8, 4) is 0 Å². The maximum atomic E-state index is 11.7. The van der Waals surface area contributed by atoms with Crippen molar-refractivity contribution in [1.29, 1.82) is 0 Å². The third-order valence-corrected chi connectivity index (χ3v) is 2.91. The van der Waals surface area contributed by atoms with Crippen LogP contribution in [0, 0.1) is 5.92 Å². The van der Waals surface area contributed by atoms with Crippen molar-refractivity contribution in [3.05, 3.63) is 0 Å². The molecule has 0 aromatic carbocycles. The molecule has 0 aliphatic heterocycles. The van der Waals surface area contributed by atoms with E-state index in [1.807, 2.05) is 7.05 Å². The van der Waals surface area contributed by atoms with E-state index in [9.17, 15) is 4.79 Å². The summed E-state index contributed by atoms with van der Waals surface area (Å²) in [6.45, 7) is 5.88. The number of nitrogens with zero attached hydrogens (tertiary/aromatic N) is 1. The molecule has 0 spiro atoms. The van der Waals surface area contributed by atoms with E-state index in [-0.39, 0.29) is 11.9 Å². The van der Waals surface area contributed by atoms with Crippen LogP contribution in [0.2, 0.25) is 0 Å². The third-order valence-electron chi connectivity index (χ3n) is 2.91. The number of hydrogen-bond acceptors (Lipinski definition) is 3. The van der Waals surface area contributed by atoms with Gasteiger partial charge in [-0.15, -0.1) is 0 Å². The molecule has 1 unspecified atom stereocenters. The van der Waals surface area contributed by atoms with Gasteiger partial charge in [0.1, 0.15) is 0 Å². The van der Waals surface area contributed by atoms with Gasteiger partial charge in [0.25, 0.3) is 0 Å². The van der Waals surface area contributed by atoms with Crippen LogP contribution >= 0.6 is 0 Å². The van der Waals surface area contributed by atoms with E-state index in [2.05, 4.69) is 24.1 Å². The molecule has 1 rings (SSSR count). The summed E-state index contributed by atoms with van der Waals surface area (Å²) in [6.07, 6.45) is 2.80. The van der Waals surface area contributed by atoms with Gasteiger partial charge in [-0.2, -0.15) is 0 Å². The second-order valence-corrected chi connectivity index (χ2v) is 5.27. The summed E-state index contributed by atoms with van der Waals surface area (Å²) in [7, 11) is 2.04. The Morgan fingerprint density at radius 3 is 2.56 bits per heavy atom. The molecule has 0 aromatic heterocycles. The molecule has 3 N–H and O–H groups in total. The van der Waals surface area contributed by atoms with E-state index >= 15 is 0 Å². The largest absolute Gasteiger partial charge is 0.353 e. The highest BCUT2D eigenvalue weighted by Crippen LogP contribution is 2.19. The maximum Gasteiger partial charge on any atom is 0.221 e. The first-order valence-electron chi connectivity index (χ1n) is 6.22. The van der Waals surface area contributed by atoms with Gasteiger partial charge in [-0.05, 0) is 25.8 Å². The lowest BCUT2D eigenvalue weighted by Gasteiger charge is -2.28. The van der Waals surface area contributed by atoms with Gasteiger partial charge in [-0.1, -0.05) is 13.8 Å². The molecule has 16 heavy (non-hydrogen) atoms. The van der Waals surface area contributed by atoms with Crippen molar-refractivity contribution in [2.75, 3.05) is 20.1 Å². The first kappa shape index (κ1) is 13.5. The first-order chi connectivity index (χ1) is 7.52. The van der Waals surface area contributed by atoms with E-state index in [0.717, 1.165) is 19.4 Å². The van der Waals surface area contributed by atoms with Gasteiger partial charge in [0.05, 0.1) is 0 Å². The van der Waals surface area contributed by atoms with Crippen LogP contribution in [0.5, 0.6) is 0 Å². The fourth-order valence-corrected chi connectivity index (χ4v) is 1.87. The predicted molar refractivity (Wildman–Crippen MR) is 66.1 cm³/mol. The Morgan fingerprint density at radius 1 is 1.50 bits per heavy atom. The van der Waals surface area contributed by atoms with E-state index in [1.54, 1.807) is 0 Å². The lowest BCUT2D eigenvalue weighted by molar-refractivity contribution is -0.122. The second-order valence-electron chi connectivity index (χ2n) is 5.27. The standard InChI is InChI=1S/C12H25N3O/c1-9(2)8-15(3)11(7-13)6-12(16)14-10-4-5-10/h9-11H,4-8,13H2,1-3H3,(H,14,16). The topological polar surface area (TPSA) is 58.4 Å². The Morgan fingerprint density at radius 2 is 2.12 bits per heavy atom. The molecule has 0 saturated heterocycles. The second kappa shape index (κ2) is 6.21. The summed E-state index contributed by atoms with van der Waals surface area (Å²) < 4.78 is 0. The van der Waals surface area contributed by atoms with Crippen LogP contribution in [0.25, 0.3) is 0 Å². The SMILES string of the molecule is CC(C)CN(C)C(CN)CC(=O)NC1CC1. The monoisotopic (exact) mass is 227 g/mol. The van der Waals surface area contributed by atoms with Crippen LogP contribution in [0.15, 0.2) is 0 Å². The number of nitrogens with two attached hydrogens (primary N) is 1. The summed E-state index contributed by atoms with van der Waals surface area (Å²) >= 11 is 0. The molecule has 4 nitrogen and oxygen atoms in total. The quantitative estimate of drug-likeness (QED) is 0.668. The fraction of sp³-hybridized carbons (Fsp3) is 0.917. The number of carbonyl (C=O) groups is 1. The molecule has 1 amide bonds. The number of nitrogens with one attached hydrogen (secondary N) is 1. The molecule has 4 heteroatoms. The van der Waals surface area contributed by atoms with Crippen molar-refractivity contribution in [2.24, 2.45) is 11.7 Å². The van der Waals surface area contributed by atoms with E-state index in [4.69, 9.17) is 5.73 Å². The van der Waals surface area contributed by atoms with Crippen molar-refractivity contribution in [2.45, 2.75) is 45.2 Å². The van der Waals surface area contributed by atoms with Gasteiger partial charge in [-0.25, -0.2) is 0 Å². The molecular formula is C12H25N3O. The van der Waals surface area contributed by atoms with Crippen LogP contribution in [0.4, 0.5) is 0 Å². The lowest BCUT2D eigenvalue weighted by atomic mass is 10.1. The number of amides is 1. The van der Waals surface area contributed by atoms with Gasteiger partial charge in [0.15, 0.2) is 0 Å². The average Bonchev–Trinajstić information content (AvgIpc) is 2.96. The summed E-state index contributed by atoms with van der Waals surface area (Å²) in [5.41, 5.74) is 5.72. The van der Waals surface area contributed by atoms with Crippen LogP contribution < -0.4 is 11.1 Å². The summed E-state index contributed by atoms with van der Waals surface area (Å²) in [5, 5.41) is 3.01. The molecule has 1 atom stereocenters. The summed E-state index contributed by atoms with van der Waals surface area (Å²) in [6, 6.07) is 0.613. The Hall–Kier alpha value is -0.610. The number of rotatable bonds is 7. The smallest absolute Gasteiger partial charge is 0.221 e. The highest BCUT2D eigenvalue weighted by molar-refractivity contribution is 5.77. The molecule has 94 valence electrons. The highest BCUT2D eigenvalue weighted by atomic mass is 16.1. The molecule has 1 fully saturated rings. The van der Waals surface area contributed by atoms with Crippen LogP contribution in [-0.2, 0) is 4.79 Å².